The molecule has 1 amide bonds. The van der Waals surface area contributed by atoms with Gasteiger partial charge >= 0.3 is 0 Å². The van der Waals surface area contributed by atoms with Gasteiger partial charge in [-0.15, -0.1) is 0 Å². The number of imidazole rings is 1. The van der Waals surface area contributed by atoms with Crippen molar-refractivity contribution in [1.82, 2.24) is 15.3 Å². The lowest BCUT2D eigenvalue weighted by molar-refractivity contribution is -0.119. The lowest BCUT2D eigenvalue weighted by Crippen LogP contribution is -2.20. The van der Waals surface area contributed by atoms with Crippen molar-refractivity contribution >= 4 is 16.9 Å². The molecular weight excluding hydrogens is 209 g/mol. The highest BCUT2D eigenvalue weighted by Crippen LogP contribution is 2.22. The van der Waals surface area contributed by atoms with Crippen LogP contribution in [-0.2, 0) is 11.3 Å². The average Bonchev–Trinajstić information content (AvgIpc) is 2.65. The van der Waals surface area contributed by atoms with Gasteiger partial charge in [0.25, 0.3) is 0 Å². The SMILES string of the molecule is CC(=O)NCc1c(F)cc(C)c2nc[nH]c12. The lowest BCUT2D eigenvalue weighted by Gasteiger charge is -2.07. The molecule has 0 aliphatic heterocycles. The van der Waals surface area contributed by atoms with E-state index in [1.54, 1.807) is 6.92 Å². The molecular formula is C11H12FN3O. The van der Waals surface area contributed by atoms with E-state index < -0.39 is 0 Å². The number of hydrogen-bond acceptors (Lipinski definition) is 2. The average molecular weight is 221 g/mol. The molecule has 0 aliphatic carbocycles. The van der Waals surface area contributed by atoms with E-state index >= 15 is 0 Å². The second-order valence-corrected chi connectivity index (χ2v) is 3.69. The number of aromatic nitrogens is 2. The fourth-order valence-corrected chi connectivity index (χ4v) is 1.67. The molecule has 1 heterocycles. The maximum atomic E-state index is 13.7. The van der Waals surface area contributed by atoms with Crippen molar-refractivity contribution in [2.45, 2.75) is 20.4 Å². The van der Waals surface area contributed by atoms with E-state index in [-0.39, 0.29) is 18.3 Å². The van der Waals surface area contributed by atoms with Gasteiger partial charge in [0, 0.05) is 19.0 Å². The van der Waals surface area contributed by atoms with Gasteiger partial charge in [-0.25, -0.2) is 9.37 Å². The molecule has 0 aliphatic rings. The fourth-order valence-electron chi connectivity index (χ4n) is 1.67. The van der Waals surface area contributed by atoms with Crippen LogP contribution in [0.5, 0.6) is 0 Å². The number of carbonyl (C=O) groups excluding carboxylic acids is 1. The van der Waals surface area contributed by atoms with E-state index in [1.807, 2.05) is 0 Å². The molecule has 0 fully saturated rings. The Hall–Kier alpha value is -1.91. The molecule has 1 aromatic heterocycles. The van der Waals surface area contributed by atoms with Crippen molar-refractivity contribution in [2.75, 3.05) is 0 Å². The third kappa shape index (κ3) is 1.76. The molecule has 0 unspecified atom stereocenters. The summed E-state index contributed by atoms with van der Waals surface area (Å²) in [6.45, 7) is 3.37. The Morgan fingerprint density at radius 2 is 2.38 bits per heavy atom. The summed E-state index contributed by atoms with van der Waals surface area (Å²) in [7, 11) is 0. The first-order valence-corrected chi connectivity index (χ1v) is 4.95. The Balaban J connectivity index is 2.50. The molecule has 2 rings (SSSR count). The normalized spacial score (nSPS) is 10.7. The Labute approximate surface area is 91.9 Å². The number of amides is 1. The van der Waals surface area contributed by atoms with Crippen LogP contribution in [0.3, 0.4) is 0 Å². The first-order chi connectivity index (χ1) is 7.59. The number of nitrogens with zero attached hydrogens (tertiary/aromatic N) is 1. The summed E-state index contributed by atoms with van der Waals surface area (Å²) in [6.07, 6.45) is 1.52. The van der Waals surface area contributed by atoms with Gasteiger partial charge in [-0.05, 0) is 18.6 Å². The zero-order valence-electron chi connectivity index (χ0n) is 9.10. The molecule has 0 atom stereocenters. The number of hydrogen-bond donors (Lipinski definition) is 2. The summed E-state index contributed by atoms with van der Waals surface area (Å²) in [5.41, 5.74) is 2.60. The maximum Gasteiger partial charge on any atom is 0.217 e. The van der Waals surface area contributed by atoms with E-state index in [0.717, 1.165) is 11.1 Å². The number of aromatic amines is 1. The standard InChI is InChI=1S/C11H12FN3O/c1-6-3-9(12)8(4-13-7(2)16)11-10(6)14-5-15-11/h3,5H,4H2,1-2H3,(H,13,16)(H,14,15). The molecule has 0 spiro atoms. The number of carbonyl (C=O) groups is 1. The molecule has 4 nitrogen and oxygen atoms in total. The minimum absolute atomic E-state index is 0.167. The number of H-pyrrole nitrogens is 1. The Bertz CT molecular complexity index is 547. The van der Waals surface area contributed by atoms with Gasteiger partial charge in [0.05, 0.1) is 17.4 Å². The molecule has 0 saturated carbocycles. The number of aryl methyl sites for hydroxylation is 1. The monoisotopic (exact) mass is 221 g/mol. The second kappa shape index (κ2) is 3.92. The number of halogens is 1. The van der Waals surface area contributed by atoms with Gasteiger partial charge in [-0.1, -0.05) is 0 Å². The minimum Gasteiger partial charge on any atom is -0.352 e. The van der Waals surface area contributed by atoms with Crippen LogP contribution >= 0.6 is 0 Å². The van der Waals surface area contributed by atoms with Crippen LogP contribution in [0.4, 0.5) is 4.39 Å². The zero-order chi connectivity index (χ0) is 11.7. The number of rotatable bonds is 2. The number of fused-ring (bicyclic) bond motifs is 1. The van der Waals surface area contributed by atoms with Gasteiger partial charge in [0.1, 0.15) is 5.82 Å². The quantitative estimate of drug-likeness (QED) is 0.810. The molecule has 84 valence electrons. The van der Waals surface area contributed by atoms with Gasteiger partial charge in [0.15, 0.2) is 0 Å². The maximum absolute atomic E-state index is 13.7. The van der Waals surface area contributed by atoms with Crippen LogP contribution in [0, 0.1) is 12.7 Å². The van der Waals surface area contributed by atoms with Crippen LogP contribution in [0.15, 0.2) is 12.4 Å². The van der Waals surface area contributed by atoms with E-state index in [9.17, 15) is 9.18 Å². The highest BCUT2D eigenvalue weighted by atomic mass is 19.1. The zero-order valence-corrected chi connectivity index (χ0v) is 9.10. The summed E-state index contributed by atoms with van der Waals surface area (Å²) in [4.78, 5) is 17.8. The second-order valence-electron chi connectivity index (χ2n) is 3.69. The summed E-state index contributed by atoms with van der Waals surface area (Å²) in [5.74, 6) is -0.518. The highest BCUT2D eigenvalue weighted by Gasteiger charge is 2.12. The van der Waals surface area contributed by atoms with Crippen molar-refractivity contribution in [2.24, 2.45) is 0 Å². The van der Waals surface area contributed by atoms with Crippen molar-refractivity contribution < 1.29 is 9.18 Å². The Morgan fingerprint density at radius 1 is 1.62 bits per heavy atom. The van der Waals surface area contributed by atoms with Gasteiger partial charge in [0.2, 0.25) is 5.91 Å². The van der Waals surface area contributed by atoms with Crippen LogP contribution < -0.4 is 5.32 Å². The van der Waals surface area contributed by atoms with Gasteiger partial charge < -0.3 is 10.3 Å². The first-order valence-electron chi connectivity index (χ1n) is 4.95. The summed E-state index contributed by atoms with van der Waals surface area (Å²) in [5, 5.41) is 2.58. The van der Waals surface area contributed by atoms with E-state index in [0.29, 0.717) is 11.1 Å². The van der Waals surface area contributed by atoms with Crippen molar-refractivity contribution in [3.63, 3.8) is 0 Å². The number of nitrogens with one attached hydrogen (secondary N) is 2. The van der Waals surface area contributed by atoms with E-state index in [4.69, 9.17) is 0 Å². The first kappa shape index (κ1) is 10.6. The molecule has 2 N–H and O–H groups in total. The molecule has 5 heteroatoms. The molecule has 16 heavy (non-hydrogen) atoms. The molecule has 0 bridgehead atoms. The van der Waals surface area contributed by atoms with Crippen LogP contribution in [0.2, 0.25) is 0 Å². The third-order valence-electron chi connectivity index (χ3n) is 2.46. The fraction of sp³-hybridized carbons (Fsp3) is 0.273. The predicted molar refractivity (Wildman–Crippen MR) is 58.3 cm³/mol. The van der Waals surface area contributed by atoms with Crippen LogP contribution in [-0.4, -0.2) is 15.9 Å². The van der Waals surface area contributed by atoms with Crippen LogP contribution in [0.25, 0.3) is 11.0 Å². The highest BCUT2D eigenvalue weighted by molar-refractivity contribution is 5.82. The molecule has 0 saturated heterocycles. The third-order valence-corrected chi connectivity index (χ3v) is 2.46. The van der Waals surface area contributed by atoms with Crippen molar-refractivity contribution in [1.29, 1.82) is 0 Å². The minimum atomic E-state index is -0.331. The number of benzene rings is 1. The molecule has 2 aromatic rings. The molecule has 1 aromatic carbocycles. The van der Waals surface area contributed by atoms with Crippen molar-refractivity contribution in [3.05, 3.63) is 29.3 Å². The predicted octanol–water partition coefficient (Wildman–Crippen LogP) is 1.65. The van der Waals surface area contributed by atoms with Gasteiger partial charge in [-0.3, -0.25) is 4.79 Å². The summed E-state index contributed by atoms with van der Waals surface area (Å²) < 4.78 is 13.7. The van der Waals surface area contributed by atoms with E-state index in [1.165, 1.54) is 19.3 Å². The van der Waals surface area contributed by atoms with Crippen LogP contribution in [0.1, 0.15) is 18.1 Å². The smallest absolute Gasteiger partial charge is 0.217 e. The summed E-state index contributed by atoms with van der Waals surface area (Å²) >= 11 is 0. The lowest BCUT2D eigenvalue weighted by atomic mass is 10.1. The Kier molecular flexibility index (Phi) is 2.60. The Morgan fingerprint density at radius 3 is 3.06 bits per heavy atom. The van der Waals surface area contributed by atoms with E-state index in [2.05, 4.69) is 15.3 Å². The summed E-state index contributed by atoms with van der Waals surface area (Å²) in [6, 6.07) is 1.43. The van der Waals surface area contributed by atoms with Gasteiger partial charge in [-0.2, -0.15) is 0 Å². The van der Waals surface area contributed by atoms with Crippen molar-refractivity contribution in [3.8, 4) is 0 Å². The largest absolute Gasteiger partial charge is 0.352 e. The molecule has 0 radical (unpaired) electrons. The topological polar surface area (TPSA) is 57.8 Å².